The monoisotopic (exact) mass is 353 g/mol. The molecular weight excluding hydrogens is 329 g/mol. The van der Waals surface area contributed by atoms with E-state index in [-0.39, 0.29) is 17.6 Å². The summed E-state index contributed by atoms with van der Waals surface area (Å²) in [5, 5.41) is 2.98. The third-order valence-electron chi connectivity index (χ3n) is 4.66. The number of aryl methyl sites for hydroxylation is 2. The number of rotatable bonds is 7. The molecule has 0 saturated heterocycles. The van der Waals surface area contributed by atoms with Crippen molar-refractivity contribution in [1.29, 1.82) is 0 Å². The zero-order chi connectivity index (χ0) is 18.5. The quantitative estimate of drug-likeness (QED) is 0.648. The Morgan fingerprint density at radius 1 is 1.19 bits per heavy atom. The molecule has 2 aromatic carbocycles. The van der Waals surface area contributed by atoms with Gasteiger partial charge in [0.1, 0.15) is 11.6 Å². The molecular formula is C21H24FN3O. The summed E-state index contributed by atoms with van der Waals surface area (Å²) >= 11 is 0. The predicted octanol–water partition coefficient (Wildman–Crippen LogP) is 4.18. The van der Waals surface area contributed by atoms with Gasteiger partial charge in [-0.2, -0.15) is 0 Å². The first kappa shape index (κ1) is 18.1. The average Bonchev–Trinajstić information content (AvgIpc) is 2.94. The van der Waals surface area contributed by atoms with Gasteiger partial charge in [-0.05, 0) is 49.1 Å². The molecule has 4 nitrogen and oxygen atoms in total. The van der Waals surface area contributed by atoms with E-state index in [0.29, 0.717) is 13.0 Å². The standard InChI is InChI=1S/C21H24FN3O/c1-15(17-8-10-18(22)11-9-17)14-21(26)23-12-5-13-25-16(2)24-19-6-3-4-7-20(19)25/h3-4,6-11,15H,5,12-14H2,1-2H3,(H,23,26). The van der Waals surface area contributed by atoms with E-state index < -0.39 is 0 Å². The number of carbonyl (C=O) groups excluding carboxylic acids is 1. The maximum absolute atomic E-state index is 13.0. The summed E-state index contributed by atoms with van der Waals surface area (Å²) in [5.41, 5.74) is 3.10. The number of hydrogen-bond donors (Lipinski definition) is 1. The number of fused-ring (bicyclic) bond motifs is 1. The highest BCUT2D eigenvalue weighted by molar-refractivity contribution is 5.77. The maximum atomic E-state index is 13.0. The Bertz CT molecular complexity index is 886. The van der Waals surface area contributed by atoms with E-state index in [1.807, 2.05) is 32.0 Å². The van der Waals surface area contributed by atoms with Crippen molar-refractivity contribution >= 4 is 16.9 Å². The molecule has 3 aromatic rings. The molecule has 3 rings (SSSR count). The lowest BCUT2D eigenvalue weighted by atomic mass is 9.97. The number of amides is 1. The number of nitrogens with zero attached hydrogens (tertiary/aromatic N) is 2. The number of imidazole rings is 1. The maximum Gasteiger partial charge on any atom is 0.220 e. The van der Waals surface area contributed by atoms with Gasteiger partial charge in [-0.3, -0.25) is 4.79 Å². The second-order valence-corrected chi connectivity index (χ2v) is 6.66. The van der Waals surface area contributed by atoms with E-state index in [1.165, 1.54) is 12.1 Å². The molecule has 5 heteroatoms. The van der Waals surface area contributed by atoms with Crippen LogP contribution in [0.4, 0.5) is 4.39 Å². The molecule has 1 N–H and O–H groups in total. The van der Waals surface area contributed by atoms with Crippen LogP contribution in [0.25, 0.3) is 11.0 Å². The van der Waals surface area contributed by atoms with Crippen molar-refractivity contribution in [1.82, 2.24) is 14.9 Å². The fourth-order valence-electron chi connectivity index (χ4n) is 3.20. The largest absolute Gasteiger partial charge is 0.356 e. The van der Waals surface area contributed by atoms with Gasteiger partial charge < -0.3 is 9.88 Å². The Labute approximate surface area is 153 Å². The highest BCUT2D eigenvalue weighted by Crippen LogP contribution is 2.19. The summed E-state index contributed by atoms with van der Waals surface area (Å²) in [6, 6.07) is 14.4. The van der Waals surface area contributed by atoms with Gasteiger partial charge in [0, 0.05) is 19.5 Å². The lowest BCUT2D eigenvalue weighted by Crippen LogP contribution is -2.26. The van der Waals surface area contributed by atoms with Gasteiger partial charge >= 0.3 is 0 Å². The van der Waals surface area contributed by atoms with Gasteiger partial charge in [0.25, 0.3) is 0 Å². The molecule has 1 aromatic heterocycles. The smallest absolute Gasteiger partial charge is 0.220 e. The lowest BCUT2D eigenvalue weighted by Gasteiger charge is -2.12. The normalized spacial score (nSPS) is 12.3. The number of benzene rings is 2. The molecule has 0 spiro atoms. The van der Waals surface area contributed by atoms with Crippen LogP contribution in [0.15, 0.2) is 48.5 Å². The van der Waals surface area contributed by atoms with Crippen LogP contribution in [0, 0.1) is 12.7 Å². The Balaban J connectivity index is 1.46. The van der Waals surface area contributed by atoms with E-state index in [1.54, 1.807) is 12.1 Å². The minimum absolute atomic E-state index is 0.0223. The third-order valence-corrected chi connectivity index (χ3v) is 4.66. The summed E-state index contributed by atoms with van der Waals surface area (Å²) in [6.07, 6.45) is 1.25. The van der Waals surface area contributed by atoms with Crippen molar-refractivity contribution in [3.8, 4) is 0 Å². The highest BCUT2D eigenvalue weighted by Gasteiger charge is 2.11. The third kappa shape index (κ3) is 4.28. The molecule has 1 unspecified atom stereocenters. The minimum Gasteiger partial charge on any atom is -0.356 e. The van der Waals surface area contributed by atoms with Crippen LogP contribution in [0.2, 0.25) is 0 Å². The molecule has 0 fully saturated rings. The number of aromatic nitrogens is 2. The van der Waals surface area contributed by atoms with E-state index in [2.05, 4.69) is 20.9 Å². The van der Waals surface area contributed by atoms with Gasteiger partial charge in [-0.1, -0.05) is 31.2 Å². The first-order valence-corrected chi connectivity index (χ1v) is 8.98. The van der Waals surface area contributed by atoms with Gasteiger partial charge in [0.2, 0.25) is 5.91 Å². The topological polar surface area (TPSA) is 46.9 Å². The van der Waals surface area contributed by atoms with Gasteiger partial charge in [0.05, 0.1) is 11.0 Å². The Morgan fingerprint density at radius 2 is 1.92 bits per heavy atom. The minimum atomic E-state index is -0.257. The average molecular weight is 353 g/mol. The van der Waals surface area contributed by atoms with Crippen LogP contribution in [-0.4, -0.2) is 22.0 Å². The molecule has 0 radical (unpaired) electrons. The molecule has 0 aliphatic carbocycles. The number of para-hydroxylation sites is 2. The Hall–Kier alpha value is -2.69. The van der Waals surface area contributed by atoms with Crippen molar-refractivity contribution in [3.05, 3.63) is 65.7 Å². The van der Waals surface area contributed by atoms with Crippen molar-refractivity contribution in [2.24, 2.45) is 0 Å². The Morgan fingerprint density at radius 3 is 2.69 bits per heavy atom. The fourth-order valence-corrected chi connectivity index (χ4v) is 3.20. The van der Waals surface area contributed by atoms with Crippen LogP contribution in [0.1, 0.15) is 37.1 Å². The lowest BCUT2D eigenvalue weighted by molar-refractivity contribution is -0.121. The highest BCUT2D eigenvalue weighted by atomic mass is 19.1. The molecule has 0 bridgehead atoms. The molecule has 1 amide bonds. The van der Waals surface area contributed by atoms with Gasteiger partial charge in [-0.25, -0.2) is 9.37 Å². The second-order valence-electron chi connectivity index (χ2n) is 6.66. The van der Waals surface area contributed by atoms with Crippen LogP contribution in [-0.2, 0) is 11.3 Å². The first-order valence-electron chi connectivity index (χ1n) is 8.98. The zero-order valence-electron chi connectivity index (χ0n) is 15.2. The molecule has 1 heterocycles. The van der Waals surface area contributed by atoms with Gasteiger partial charge in [-0.15, -0.1) is 0 Å². The van der Waals surface area contributed by atoms with Crippen LogP contribution in [0.5, 0.6) is 0 Å². The summed E-state index contributed by atoms with van der Waals surface area (Å²) < 4.78 is 15.2. The van der Waals surface area contributed by atoms with E-state index in [4.69, 9.17) is 0 Å². The fraction of sp³-hybridized carbons (Fsp3) is 0.333. The molecule has 0 aliphatic rings. The molecule has 0 aliphatic heterocycles. The summed E-state index contributed by atoms with van der Waals surface area (Å²) in [5.74, 6) is 0.819. The zero-order valence-corrected chi connectivity index (χ0v) is 15.2. The number of halogens is 1. The number of nitrogens with one attached hydrogen (secondary N) is 1. The Kier molecular flexibility index (Phi) is 5.66. The summed E-state index contributed by atoms with van der Waals surface area (Å²) in [6.45, 7) is 5.43. The van der Waals surface area contributed by atoms with E-state index in [9.17, 15) is 9.18 Å². The van der Waals surface area contributed by atoms with E-state index in [0.717, 1.165) is 35.4 Å². The summed E-state index contributed by atoms with van der Waals surface area (Å²) in [7, 11) is 0. The summed E-state index contributed by atoms with van der Waals surface area (Å²) in [4.78, 5) is 16.7. The molecule has 0 saturated carbocycles. The second kappa shape index (κ2) is 8.13. The van der Waals surface area contributed by atoms with Crippen LogP contribution in [0.3, 0.4) is 0 Å². The first-order chi connectivity index (χ1) is 12.5. The molecule has 136 valence electrons. The van der Waals surface area contributed by atoms with Crippen molar-refractivity contribution < 1.29 is 9.18 Å². The van der Waals surface area contributed by atoms with Crippen molar-refractivity contribution in [2.45, 2.75) is 39.2 Å². The SMILES string of the molecule is Cc1nc2ccccc2n1CCCNC(=O)CC(C)c1ccc(F)cc1. The van der Waals surface area contributed by atoms with Crippen molar-refractivity contribution in [3.63, 3.8) is 0 Å². The van der Waals surface area contributed by atoms with Crippen molar-refractivity contribution in [2.75, 3.05) is 6.54 Å². The number of hydrogen-bond acceptors (Lipinski definition) is 2. The van der Waals surface area contributed by atoms with Crippen LogP contribution < -0.4 is 5.32 Å². The van der Waals surface area contributed by atoms with E-state index >= 15 is 0 Å². The molecule has 1 atom stereocenters. The predicted molar refractivity (Wildman–Crippen MR) is 102 cm³/mol. The molecule has 26 heavy (non-hydrogen) atoms. The van der Waals surface area contributed by atoms with Crippen LogP contribution >= 0.6 is 0 Å². The number of carbonyl (C=O) groups is 1. The van der Waals surface area contributed by atoms with Gasteiger partial charge in [0.15, 0.2) is 0 Å².